The Bertz CT molecular complexity index is 1590. The van der Waals surface area contributed by atoms with E-state index in [0.29, 0.717) is 42.5 Å². The van der Waals surface area contributed by atoms with Gasteiger partial charge in [0.2, 0.25) is 0 Å². The number of nitro benzene ring substituents is 1. The number of hydrogen-bond donors (Lipinski definition) is 0. The number of non-ortho nitro benzene ring substituents is 1. The van der Waals surface area contributed by atoms with Gasteiger partial charge in [0.25, 0.3) is 11.2 Å². The van der Waals surface area contributed by atoms with Gasteiger partial charge in [-0.2, -0.15) is 9.78 Å². The first-order valence-electron chi connectivity index (χ1n) is 11.1. The molecule has 1 heterocycles. The van der Waals surface area contributed by atoms with Crippen molar-refractivity contribution in [2.45, 2.75) is 32.8 Å². The van der Waals surface area contributed by atoms with Gasteiger partial charge in [0.1, 0.15) is 18.2 Å². The summed E-state index contributed by atoms with van der Waals surface area (Å²) in [7, 11) is 0. The molecule has 0 aliphatic heterocycles. The molecule has 1 aromatic heterocycles. The van der Waals surface area contributed by atoms with Crippen LogP contribution in [-0.4, -0.2) is 20.8 Å². The molecule has 0 spiro atoms. The standard InChI is InChI=1S/C26H21Br3N4O4/c1-26(2,3)25-31-22-8-7-17(27)12-19(22)24(34)32(25)30-13-16-10-20(28)23(21(29)11-16)37-14-15-5-4-6-18(9-15)33(35)36/h4-13H,14H2,1-3H3. The fourth-order valence-electron chi connectivity index (χ4n) is 3.57. The summed E-state index contributed by atoms with van der Waals surface area (Å²) in [5, 5.41) is 16.0. The van der Waals surface area contributed by atoms with Gasteiger partial charge in [-0.1, -0.05) is 48.8 Å². The van der Waals surface area contributed by atoms with Crippen LogP contribution >= 0.6 is 47.8 Å². The van der Waals surface area contributed by atoms with Crippen molar-refractivity contribution in [1.29, 1.82) is 0 Å². The molecule has 0 amide bonds. The minimum absolute atomic E-state index is 0.00574. The Kier molecular flexibility index (Phi) is 7.96. The Morgan fingerprint density at radius 2 is 1.78 bits per heavy atom. The monoisotopic (exact) mass is 690 g/mol. The predicted octanol–water partition coefficient (Wildman–Crippen LogP) is 7.35. The van der Waals surface area contributed by atoms with Crippen molar-refractivity contribution in [2.24, 2.45) is 5.10 Å². The molecule has 0 N–H and O–H groups in total. The molecule has 0 bridgehead atoms. The van der Waals surface area contributed by atoms with E-state index in [4.69, 9.17) is 9.72 Å². The Balaban J connectivity index is 1.66. The van der Waals surface area contributed by atoms with Crippen LogP contribution in [0.1, 0.15) is 37.7 Å². The number of halogens is 3. The maximum atomic E-state index is 13.4. The summed E-state index contributed by atoms with van der Waals surface area (Å²) in [5.41, 5.74) is 1.31. The lowest BCUT2D eigenvalue weighted by Gasteiger charge is -2.21. The van der Waals surface area contributed by atoms with Gasteiger partial charge in [0, 0.05) is 22.0 Å². The summed E-state index contributed by atoms with van der Waals surface area (Å²) in [5.74, 6) is 1.08. The molecule has 0 atom stereocenters. The van der Waals surface area contributed by atoms with E-state index in [-0.39, 0.29) is 17.9 Å². The summed E-state index contributed by atoms with van der Waals surface area (Å²) < 4.78 is 9.34. The SMILES string of the molecule is CC(C)(C)c1nc2ccc(Br)cc2c(=O)n1N=Cc1cc(Br)c(OCc2cccc([N+](=O)[O-])c2)c(Br)c1. The van der Waals surface area contributed by atoms with Crippen LogP contribution in [0.2, 0.25) is 0 Å². The minimum Gasteiger partial charge on any atom is -0.487 e. The number of ether oxygens (including phenoxy) is 1. The van der Waals surface area contributed by atoms with Crippen molar-refractivity contribution in [3.63, 3.8) is 0 Å². The molecule has 3 aromatic carbocycles. The molecule has 0 saturated heterocycles. The second-order valence-electron chi connectivity index (χ2n) is 9.24. The highest BCUT2D eigenvalue weighted by atomic mass is 79.9. The van der Waals surface area contributed by atoms with Crippen molar-refractivity contribution < 1.29 is 9.66 Å². The number of nitrogens with zero attached hydrogens (tertiary/aromatic N) is 4. The van der Waals surface area contributed by atoms with E-state index in [1.54, 1.807) is 24.4 Å². The second kappa shape index (κ2) is 10.8. The lowest BCUT2D eigenvalue weighted by Crippen LogP contribution is -2.29. The third kappa shape index (κ3) is 6.16. The van der Waals surface area contributed by atoms with Gasteiger partial charge in [0.05, 0.1) is 31.0 Å². The Labute approximate surface area is 237 Å². The Hall–Kier alpha value is -2.89. The van der Waals surface area contributed by atoms with Crippen molar-refractivity contribution in [1.82, 2.24) is 9.66 Å². The Morgan fingerprint density at radius 1 is 1.08 bits per heavy atom. The molecule has 11 heteroatoms. The van der Waals surface area contributed by atoms with Crippen LogP contribution in [0.25, 0.3) is 10.9 Å². The van der Waals surface area contributed by atoms with E-state index in [0.717, 1.165) is 4.47 Å². The van der Waals surface area contributed by atoms with Gasteiger partial charge in [0.15, 0.2) is 0 Å². The highest BCUT2D eigenvalue weighted by Gasteiger charge is 2.23. The molecule has 0 aliphatic carbocycles. The van der Waals surface area contributed by atoms with Crippen LogP contribution in [0.3, 0.4) is 0 Å². The van der Waals surface area contributed by atoms with Gasteiger partial charge in [-0.05, 0) is 73.3 Å². The van der Waals surface area contributed by atoms with Crippen LogP contribution in [0.4, 0.5) is 5.69 Å². The zero-order chi connectivity index (χ0) is 26.9. The molecule has 0 aliphatic rings. The van der Waals surface area contributed by atoms with Crippen molar-refractivity contribution >= 4 is 70.6 Å². The molecular weight excluding hydrogens is 672 g/mol. The maximum absolute atomic E-state index is 13.4. The average Bonchev–Trinajstić information content (AvgIpc) is 2.82. The van der Waals surface area contributed by atoms with Gasteiger partial charge in [-0.3, -0.25) is 14.9 Å². The quantitative estimate of drug-likeness (QED) is 0.120. The Morgan fingerprint density at radius 3 is 2.43 bits per heavy atom. The first-order chi connectivity index (χ1) is 17.4. The van der Waals surface area contributed by atoms with E-state index in [9.17, 15) is 14.9 Å². The number of rotatable bonds is 6. The van der Waals surface area contributed by atoms with E-state index in [1.807, 2.05) is 45.0 Å². The predicted molar refractivity (Wildman–Crippen MR) is 155 cm³/mol. The van der Waals surface area contributed by atoms with Crippen LogP contribution in [0.5, 0.6) is 5.75 Å². The molecule has 0 fully saturated rings. The van der Waals surface area contributed by atoms with Gasteiger partial charge in [-0.25, -0.2) is 4.98 Å². The lowest BCUT2D eigenvalue weighted by molar-refractivity contribution is -0.384. The van der Waals surface area contributed by atoms with Crippen LogP contribution in [0, 0.1) is 10.1 Å². The molecule has 190 valence electrons. The summed E-state index contributed by atoms with van der Waals surface area (Å²) in [6.45, 7) is 6.08. The van der Waals surface area contributed by atoms with Crippen molar-refractivity contribution in [2.75, 3.05) is 0 Å². The largest absolute Gasteiger partial charge is 0.487 e. The number of nitro groups is 1. The zero-order valence-corrected chi connectivity index (χ0v) is 24.8. The second-order valence-corrected chi connectivity index (χ2v) is 11.9. The first-order valence-corrected chi connectivity index (χ1v) is 13.4. The van der Waals surface area contributed by atoms with Gasteiger partial charge in [-0.15, -0.1) is 0 Å². The summed E-state index contributed by atoms with van der Waals surface area (Å²) in [6, 6.07) is 15.3. The van der Waals surface area contributed by atoms with Crippen LogP contribution < -0.4 is 10.3 Å². The minimum atomic E-state index is -0.441. The average molecular weight is 693 g/mol. The molecule has 4 aromatic rings. The van der Waals surface area contributed by atoms with E-state index in [2.05, 4.69) is 52.9 Å². The third-order valence-electron chi connectivity index (χ3n) is 5.33. The highest BCUT2D eigenvalue weighted by Crippen LogP contribution is 2.35. The summed E-state index contributed by atoms with van der Waals surface area (Å²) >= 11 is 10.5. The number of fused-ring (bicyclic) bond motifs is 1. The smallest absolute Gasteiger partial charge is 0.282 e. The normalized spacial score (nSPS) is 11.8. The fourth-order valence-corrected chi connectivity index (χ4v) is 5.38. The molecule has 0 unspecified atom stereocenters. The molecule has 4 rings (SSSR count). The van der Waals surface area contributed by atoms with E-state index < -0.39 is 10.3 Å². The molecular formula is C26H21Br3N4O4. The first kappa shape index (κ1) is 27.2. The van der Waals surface area contributed by atoms with E-state index >= 15 is 0 Å². The number of aromatic nitrogens is 2. The van der Waals surface area contributed by atoms with Gasteiger partial charge < -0.3 is 4.74 Å². The molecule has 0 radical (unpaired) electrons. The topological polar surface area (TPSA) is 99.6 Å². The third-order valence-corrected chi connectivity index (χ3v) is 7.00. The van der Waals surface area contributed by atoms with E-state index in [1.165, 1.54) is 16.8 Å². The molecule has 37 heavy (non-hydrogen) atoms. The number of benzene rings is 3. The lowest BCUT2D eigenvalue weighted by atomic mass is 9.95. The fraction of sp³-hybridized carbons (Fsp3) is 0.192. The van der Waals surface area contributed by atoms with Crippen LogP contribution in [-0.2, 0) is 12.0 Å². The molecule has 8 nitrogen and oxygen atoms in total. The van der Waals surface area contributed by atoms with Crippen LogP contribution in [0.15, 0.2) is 77.9 Å². The van der Waals surface area contributed by atoms with Crippen molar-refractivity contribution in [3.8, 4) is 5.75 Å². The van der Waals surface area contributed by atoms with Crippen molar-refractivity contribution in [3.05, 3.63) is 105 Å². The number of hydrogen-bond acceptors (Lipinski definition) is 6. The zero-order valence-electron chi connectivity index (χ0n) is 20.0. The summed E-state index contributed by atoms with van der Waals surface area (Å²) in [6.07, 6.45) is 1.59. The maximum Gasteiger partial charge on any atom is 0.282 e. The summed E-state index contributed by atoms with van der Waals surface area (Å²) in [4.78, 5) is 28.7. The highest BCUT2D eigenvalue weighted by molar-refractivity contribution is 9.11. The van der Waals surface area contributed by atoms with Gasteiger partial charge >= 0.3 is 0 Å². The molecule has 0 saturated carbocycles.